The minimum atomic E-state index is -4.14. The first-order chi connectivity index (χ1) is 15.8. The first-order valence-electron chi connectivity index (χ1n) is 10.5. The third-order valence-corrected chi connectivity index (χ3v) is 7.19. The molecule has 0 fully saturated rings. The lowest BCUT2D eigenvalue weighted by molar-refractivity contribution is -0.117. The molecule has 0 N–H and O–H groups in total. The summed E-state index contributed by atoms with van der Waals surface area (Å²) in [6.45, 7) is 1.88. The second-order valence-electron chi connectivity index (χ2n) is 7.72. The van der Waals surface area contributed by atoms with Crippen LogP contribution in [-0.4, -0.2) is 37.6 Å². The van der Waals surface area contributed by atoms with Crippen molar-refractivity contribution in [2.75, 3.05) is 10.8 Å². The van der Waals surface area contributed by atoms with E-state index in [1.54, 1.807) is 66.7 Å². The second-order valence-corrected chi connectivity index (χ2v) is 9.51. The molecule has 8 heteroatoms. The number of anilines is 1. The Bertz CT molecular complexity index is 1280. The molecule has 0 saturated heterocycles. The number of aryl methyl sites for hydroxylation is 1. The van der Waals surface area contributed by atoms with Crippen molar-refractivity contribution >= 4 is 33.4 Å². The highest BCUT2D eigenvalue weighted by Crippen LogP contribution is 2.26. The van der Waals surface area contributed by atoms with Gasteiger partial charge in [-0.1, -0.05) is 48.0 Å². The average molecular weight is 463 g/mol. The molecule has 0 atom stereocenters. The van der Waals surface area contributed by atoms with E-state index in [0.717, 1.165) is 14.8 Å². The van der Waals surface area contributed by atoms with Crippen LogP contribution in [-0.2, 0) is 14.8 Å². The van der Waals surface area contributed by atoms with E-state index in [0.29, 0.717) is 11.1 Å². The number of nitrogens with zero attached hydrogens (tertiary/aromatic N) is 2. The van der Waals surface area contributed by atoms with Crippen LogP contribution in [0, 0.1) is 6.92 Å². The Labute approximate surface area is 192 Å². The molecule has 0 aliphatic carbocycles. The van der Waals surface area contributed by atoms with Crippen molar-refractivity contribution in [2.45, 2.75) is 24.7 Å². The molecule has 1 aliphatic heterocycles. The number of imide groups is 1. The zero-order valence-corrected chi connectivity index (χ0v) is 18.8. The fraction of sp³-hybridized carbons (Fsp3) is 0.160. The van der Waals surface area contributed by atoms with Gasteiger partial charge in [-0.05, 0) is 49.7 Å². The molecule has 0 bridgehead atoms. The minimum absolute atomic E-state index is 0.000673. The van der Waals surface area contributed by atoms with E-state index in [1.165, 1.54) is 12.1 Å². The predicted octanol–water partition coefficient (Wildman–Crippen LogP) is 3.79. The van der Waals surface area contributed by atoms with Crippen LogP contribution < -0.4 is 4.31 Å². The number of rotatable bonds is 7. The molecule has 1 aliphatic rings. The Morgan fingerprint density at radius 1 is 0.818 bits per heavy atom. The summed E-state index contributed by atoms with van der Waals surface area (Å²) in [7, 11) is -4.14. The van der Waals surface area contributed by atoms with Gasteiger partial charge in [-0.25, -0.2) is 12.7 Å². The zero-order chi connectivity index (χ0) is 23.6. The number of fused-ring (bicyclic) bond motifs is 1. The van der Waals surface area contributed by atoms with E-state index in [1.807, 2.05) is 6.92 Å². The largest absolute Gasteiger partial charge is 0.274 e. The summed E-state index contributed by atoms with van der Waals surface area (Å²) in [4.78, 5) is 39.3. The van der Waals surface area contributed by atoms with Crippen molar-refractivity contribution in [1.82, 2.24) is 4.90 Å². The standard InChI is InChI=1S/C25H22N2O5S/c1-18-13-15-19(16-14-18)27(33(31,32)20-8-3-2-4-9-20)23(28)12-7-17-26-24(29)21-10-5-6-11-22(21)25(26)30/h2-6,8-11,13-16H,7,12,17H2,1H3. The van der Waals surface area contributed by atoms with Gasteiger partial charge in [0.1, 0.15) is 0 Å². The molecule has 3 aromatic carbocycles. The summed E-state index contributed by atoms with van der Waals surface area (Å²) in [5.41, 5.74) is 1.83. The summed E-state index contributed by atoms with van der Waals surface area (Å²) in [6, 6.07) is 20.9. The van der Waals surface area contributed by atoms with Gasteiger partial charge in [-0.15, -0.1) is 0 Å². The van der Waals surface area contributed by atoms with Crippen LogP contribution in [0.15, 0.2) is 83.8 Å². The van der Waals surface area contributed by atoms with E-state index >= 15 is 0 Å². The predicted molar refractivity (Wildman–Crippen MR) is 123 cm³/mol. The maximum Gasteiger partial charge on any atom is 0.270 e. The highest BCUT2D eigenvalue weighted by Gasteiger charge is 2.35. The van der Waals surface area contributed by atoms with Gasteiger partial charge in [-0.2, -0.15) is 0 Å². The van der Waals surface area contributed by atoms with Gasteiger partial charge in [0.15, 0.2) is 0 Å². The fourth-order valence-electron chi connectivity index (χ4n) is 3.73. The number of amides is 3. The van der Waals surface area contributed by atoms with Gasteiger partial charge in [-0.3, -0.25) is 19.3 Å². The van der Waals surface area contributed by atoms with Gasteiger partial charge in [0.2, 0.25) is 5.91 Å². The molecule has 0 unspecified atom stereocenters. The fourth-order valence-corrected chi connectivity index (χ4v) is 5.20. The third kappa shape index (κ3) is 4.29. The van der Waals surface area contributed by atoms with Crippen molar-refractivity contribution in [3.63, 3.8) is 0 Å². The van der Waals surface area contributed by atoms with E-state index in [9.17, 15) is 22.8 Å². The second kappa shape index (κ2) is 8.99. The zero-order valence-electron chi connectivity index (χ0n) is 18.0. The van der Waals surface area contributed by atoms with Gasteiger partial charge in [0.05, 0.1) is 21.7 Å². The number of sulfonamides is 1. The van der Waals surface area contributed by atoms with Crippen LogP contribution in [0.1, 0.15) is 39.1 Å². The van der Waals surface area contributed by atoms with Crippen molar-refractivity contribution in [1.29, 1.82) is 0 Å². The number of carbonyl (C=O) groups is 3. The molecule has 4 rings (SSSR count). The molecule has 0 aromatic heterocycles. The Hall–Kier alpha value is -3.78. The summed E-state index contributed by atoms with van der Waals surface area (Å²) in [6.07, 6.45) is -0.0235. The number of hydrogen-bond acceptors (Lipinski definition) is 5. The smallest absolute Gasteiger partial charge is 0.270 e. The van der Waals surface area contributed by atoms with Crippen LogP contribution in [0.25, 0.3) is 0 Å². The molecular weight excluding hydrogens is 440 g/mol. The van der Waals surface area contributed by atoms with E-state index in [-0.39, 0.29) is 30.0 Å². The molecule has 168 valence electrons. The monoisotopic (exact) mass is 462 g/mol. The SMILES string of the molecule is Cc1ccc(N(C(=O)CCCN2C(=O)c3ccccc3C2=O)S(=O)(=O)c2ccccc2)cc1. The van der Waals surface area contributed by atoms with Crippen molar-refractivity contribution in [3.8, 4) is 0 Å². The van der Waals surface area contributed by atoms with Gasteiger partial charge < -0.3 is 0 Å². The molecule has 3 aromatic rings. The first-order valence-corrected chi connectivity index (χ1v) is 11.9. The molecule has 33 heavy (non-hydrogen) atoms. The van der Waals surface area contributed by atoms with Gasteiger partial charge in [0, 0.05) is 13.0 Å². The average Bonchev–Trinajstić information content (AvgIpc) is 3.06. The van der Waals surface area contributed by atoms with Crippen LogP contribution in [0.4, 0.5) is 5.69 Å². The molecule has 0 saturated carbocycles. The van der Waals surface area contributed by atoms with Crippen LogP contribution >= 0.6 is 0 Å². The van der Waals surface area contributed by atoms with Crippen molar-refractivity contribution in [2.24, 2.45) is 0 Å². The molecule has 3 amide bonds. The summed E-state index contributed by atoms with van der Waals surface area (Å²) >= 11 is 0. The molecule has 1 heterocycles. The molecule has 0 spiro atoms. The van der Waals surface area contributed by atoms with E-state index in [2.05, 4.69) is 0 Å². The maximum atomic E-state index is 13.3. The maximum absolute atomic E-state index is 13.3. The quantitative estimate of drug-likeness (QED) is 0.498. The van der Waals surface area contributed by atoms with E-state index in [4.69, 9.17) is 0 Å². The summed E-state index contributed by atoms with van der Waals surface area (Å²) < 4.78 is 27.4. The normalized spacial score (nSPS) is 13.2. The van der Waals surface area contributed by atoms with Crippen LogP contribution in [0.3, 0.4) is 0 Å². The Morgan fingerprint density at radius 2 is 1.36 bits per heavy atom. The van der Waals surface area contributed by atoms with E-state index < -0.39 is 27.7 Å². The Balaban J connectivity index is 1.54. The Morgan fingerprint density at radius 3 is 1.94 bits per heavy atom. The minimum Gasteiger partial charge on any atom is -0.274 e. The van der Waals surface area contributed by atoms with Gasteiger partial charge in [0.25, 0.3) is 21.8 Å². The third-order valence-electron chi connectivity index (χ3n) is 5.43. The van der Waals surface area contributed by atoms with Crippen LogP contribution in [0.2, 0.25) is 0 Å². The number of hydrogen-bond donors (Lipinski definition) is 0. The lowest BCUT2D eigenvalue weighted by Gasteiger charge is -2.23. The highest BCUT2D eigenvalue weighted by molar-refractivity contribution is 7.93. The number of benzene rings is 3. The topological polar surface area (TPSA) is 91.8 Å². The van der Waals surface area contributed by atoms with Crippen molar-refractivity contribution in [3.05, 3.63) is 95.6 Å². The lowest BCUT2D eigenvalue weighted by Crippen LogP contribution is -2.38. The lowest BCUT2D eigenvalue weighted by atomic mass is 10.1. The highest BCUT2D eigenvalue weighted by atomic mass is 32.2. The van der Waals surface area contributed by atoms with Gasteiger partial charge >= 0.3 is 0 Å². The summed E-state index contributed by atoms with van der Waals surface area (Å²) in [5.74, 6) is -1.45. The Kier molecular flexibility index (Phi) is 6.11. The van der Waals surface area contributed by atoms with Crippen molar-refractivity contribution < 1.29 is 22.8 Å². The number of carbonyl (C=O) groups excluding carboxylic acids is 3. The van der Waals surface area contributed by atoms with Crippen LogP contribution in [0.5, 0.6) is 0 Å². The molecule has 0 radical (unpaired) electrons. The molecule has 7 nitrogen and oxygen atoms in total. The summed E-state index contributed by atoms with van der Waals surface area (Å²) in [5, 5.41) is 0. The first kappa shape index (κ1) is 22.4. The molecular formula is C25H22N2O5S.